The Morgan fingerprint density at radius 1 is 1.46 bits per heavy atom. The summed E-state index contributed by atoms with van der Waals surface area (Å²) in [4.78, 5) is 2.29. The summed E-state index contributed by atoms with van der Waals surface area (Å²) in [6, 6.07) is 0. The fourth-order valence-electron chi connectivity index (χ4n) is 2.49. The van der Waals surface area contributed by atoms with E-state index in [9.17, 15) is 4.39 Å². The van der Waals surface area contributed by atoms with Gasteiger partial charge in [0.05, 0.1) is 19.9 Å². The zero-order valence-corrected chi connectivity index (χ0v) is 8.48. The summed E-state index contributed by atoms with van der Waals surface area (Å²) in [5.74, 6) is 0. The maximum Gasteiger partial charge on any atom is 0.0956 e. The molecule has 2 aliphatic rings. The molecular formula is C10H18FNO. The number of halogens is 1. The van der Waals surface area contributed by atoms with Crippen molar-refractivity contribution in [3.8, 4) is 0 Å². The van der Waals surface area contributed by atoms with Gasteiger partial charge in [-0.25, -0.2) is 0 Å². The number of alkyl halides is 1. The monoisotopic (exact) mass is 187 g/mol. The second-order valence-corrected chi connectivity index (χ2v) is 4.96. The van der Waals surface area contributed by atoms with Crippen LogP contribution in [0.5, 0.6) is 0 Å². The molecule has 1 atom stereocenters. The van der Waals surface area contributed by atoms with Crippen molar-refractivity contribution in [3.05, 3.63) is 0 Å². The number of rotatable bonds is 1. The number of likely N-dealkylation sites (tertiary alicyclic amines) is 1. The van der Waals surface area contributed by atoms with Crippen molar-refractivity contribution < 1.29 is 9.13 Å². The van der Waals surface area contributed by atoms with E-state index in [0.717, 1.165) is 32.7 Å². The summed E-state index contributed by atoms with van der Waals surface area (Å²) < 4.78 is 18.3. The number of piperidine rings is 1. The van der Waals surface area contributed by atoms with E-state index in [1.54, 1.807) is 0 Å². The third kappa shape index (κ3) is 1.21. The second-order valence-electron chi connectivity index (χ2n) is 4.96. The molecule has 13 heavy (non-hydrogen) atoms. The van der Waals surface area contributed by atoms with Gasteiger partial charge in [-0.05, 0) is 20.0 Å². The third-order valence-electron chi connectivity index (χ3n) is 3.95. The number of hydrogen-bond donors (Lipinski definition) is 0. The van der Waals surface area contributed by atoms with Gasteiger partial charge in [0.25, 0.3) is 0 Å². The Morgan fingerprint density at radius 2 is 2.15 bits per heavy atom. The van der Waals surface area contributed by atoms with E-state index in [4.69, 9.17) is 4.74 Å². The highest BCUT2D eigenvalue weighted by Gasteiger charge is 2.55. The van der Waals surface area contributed by atoms with Crippen LogP contribution in [0.3, 0.4) is 0 Å². The van der Waals surface area contributed by atoms with Gasteiger partial charge in [0.15, 0.2) is 0 Å². The van der Waals surface area contributed by atoms with Crippen molar-refractivity contribution in [2.75, 3.05) is 40.0 Å². The molecule has 0 radical (unpaired) electrons. The van der Waals surface area contributed by atoms with Gasteiger partial charge < -0.3 is 9.64 Å². The zero-order chi connectivity index (χ0) is 9.53. The summed E-state index contributed by atoms with van der Waals surface area (Å²) in [7, 11) is 2.11. The Morgan fingerprint density at radius 3 is 2.62 bits per heavy atom. The predicted octanol–water partition coefficient (Wildman–Crippen LogP) is 1.31. The van der Waals surface area contributed by atoms with E-state index < -0.39 is 0 Å². The van der Waals surface area contributed by atoms with Gasteiger partial charge in [-0.2, -0.15) is 0 Å². The molecule has 2 fully saturated rings. The molecule has 0 amide bonds. The van der Waals surface area contributed by atoms with E-state index in [1.165, 1.54) is 0 Å². The molecule has 2 heterocycles. The first-order valence-corrected chi connectivity index (χ1v) is 4.94. The van der Waals surface area contributed by atoms with Crippen molar-refractivity contribution in [1.29, 1.82) is 0 Å². The van der Waals surface area contributed by atoms with E-state index >= 15 is 0 Å². The summed E-state index contributed by atoms with van der Waals surface area (Å²) in [6.45, 7) is 5.37. The van der Waals surface area contributed by atoms with Crippen molar-refractivity contribution in [3.63, 3.8) is 0 Å². The Kier molecular flexibility index (Phi) is 2.11. The number of hydrogen-bond acceptors (Lipinski definition) is 2. The van der Waals surface area contributed by atoms with Crippen LogP contribution in [0.15, 0.2) is 0 Å². The minimum absolute atomic E-state index is 0.106. The molecule has 0 saturated carbocycles. The molecular weight excluding hydrogens is 169 g/mol. The first-order valence-electron chi connectivity index (χ1n) is 4.94. The number of ether oxygens (including phenoxy) is 1. The van der Waals surface area contributed by atoms with Crippen LogP contribution < -0.4 is 0 Å². The van der Waals surface area contributed by atoms with Gasteiger partial charge in [-0.15, -0.1) is 0 Å². The highest BCUT2D eigenvalue weighted by atomic mass is 19.1. The molecule has 2 nitrogen and oxygen atoms in total. The molecule has 1 unspecified atom stereocenters. The first-order chi connectivity index (χ1) is 6.12. The summed E-state index contributed by atoms with van der Waals surface area (Å²) in [5, 5.41) is 0. The lowest BCUT2D eigenvalue weighted by Gasteiger charge is -2.57. The van der Waals surface area contributed by atoms with Crippen molar-refractivity contribution >= 4 is 0 Å². The molecule has 2 saturated heterocycles. The Balaban J connectivity index is 2.17. The zero-order valence-electron chi connectivity index (χ0n) is 8.48. The summed E-state index contributed by atoms with van der Waals surface area (Å²) >= 11 is 0. The average molecular weight is 187 g/mol. The van der Waals surface area contributed by atoms with Crippen LogP contribution in [0, 0.1) is 10.8 Å². The second kappa shape index (κ2) is 2.92. The van der Waals surface area contributed by atoms with Crippen LogP contribution >= 0.6 is 0 Å². The summed E-state index contributed by atoms with van der Waals surface area (Å²) in [6.07, 6.45) is 0.962. The quantitative estimate of drug-likeness (QED) is 0.614. The first kappa shape index (κ1) is 9.41. The van der Waals surface area contributed by atoms with Crippen LogP contribution in [0.25, 0.3) is 0 Å². The SMILES string of the molecule is CN1CCC(C)(CF)C2(COC2)C1. The lowest BCUT2D eigenvalue weighted by atomic mass is 9.60. The van der Waals surface area contributed by atoms with Crippen molar-refractivity contribution in [1.82, 2.24) is 4.90 Å². The Hall–Kier alpha value is -0.150. The molecule has 1 spiro atoms. The highest BCUT2D eigenvalue weighted by Crippen LogP contribution is 2.50. The molecule has 0 aromatic heterocycles. The smallest absolute Gasteiger partial charge is 0.0956 e. The van der Waals surface area contributed by atoms with Crippen LogP contribution in [0.1, 0.15) is 13.3 Å². The largest absolute Gasteiger partial charge is 0.380 e. The molecule has 0 aromatic carbocycles. The maximum absolute atomic E-state index is 13.0. The Labute approximate surface area is 79.1 Å². The van der Waals surface area contributed by atoms with Gasteiger partial charge in [0.1, 0.15) is 0 Å². The summed E-state index contributed by atoms with van der Waals surface area (Å²) in [5.41, 5.74) is -0.0352. The van der Waals surface area contributed by atoms with E-state index in [-0.39, 0.29) is 17.5 Å². The molecule has 0 bridgehead atoms. The molecule has 0 aromatic rings. The predicted molar refractivity (Wildman–Crippen MR) is 49.4 cm³/mol. The van der Waals surface area contributed by atoms with Crippen LogP contribution in [0.4, 0.5) is 4.39 Å². The maximum atomic E-state index is 13.0. The molecule has 3 heteroatoms. The minimum Gasteiger partial charge on any atom is -0.380 e. The Bertz CT molecular complexity index is 205. The lowest BCUT2D eigenvalue weighted by molar-refractivity contribution is -0.212. The van der Waals surface area contributed by atoms with E-state index in [1.807, 2.05) is 0 Å². The van der Waals surface area contributed by atoms with Gasteiger partial charge in [-0.3, -0.25) is 4.39 Å². The van der Waals surface area contributed by atoms with Crippen LogP contribution in [0.2, 0.25) is 0 Å². The minimum atomic E-state index is -0.204. The van der Waals surface area contributed by atoms with Crippen molar-refractivity contribution in [2.24, 2.45) is 10.8 Å². The van der Waals surface area contributed by atoms with Crippen molar-refractivity contribution in [2.45, 2.75) is 13.3 Å². The van der Waals surface area contributed by atoms with Crippen LogP contribution in [-0.4, -0.2) is 44.9 Å². The topological polar surface area (TPSA) is 12.5 Å². The van der Waals surface area contributed by atoms with E-state index in [0.29, 0.717) is 0 Å². The molecule has 0 N–H and O–H groups in total. The third-order valence-corrected chi connectivity index (χ3v) is 3.95. The fourth-order valence-corrected chi connectivity index (χ4v) is 2.49. The molecule has 2 rings (SSSR count). The van der Waals surface area contributed by atoms with Gasteiger partial charge in [0, 0.05) is 17.4 Å². The molecule has 0 aliphatic carbocycles. The lowest BCUT2D eigenvalue weighted by Crippen LogP contribution is -2.63. The molecule has 76 valence electrons. The van der Waals surface area contributed by atoms with Crippen LogP contribution in [-0.2, 0) is 4.74 Å². The normalized spacial score (nSPS) is 39.0. The van der Waals surface area contributed by atoms with Gasteiger partial charge in [-0.1, -0.05) is 6.92 Å². The standard InChI is InChI=1S/C10H18FNO/c1-9(5-11)3-4-12(2)6-10(9)7-13-8-10/h3-8H2,1-2H3. The van der Waals surface area contributed by atoms with Gasteiger partial charge >= 0.3 is 0 Å². The fraction of sp³-hybridized carbons (Fsp3) is 1.00. The van der Waals surface area contributed by atoms with E-state index in [2.05, 4.69) is 18.9 Å². The average Bonchev–Trinajstić information content (AvgIpc) is 2.06. The van der Waals surface area contributed by atoms with Gasteiger partial charge in [0.2, 0.25) is 0 Å². The highest BCUT2D eigenvalue weighted by molar-refractivity contribution is 5.04. The number of nitrogens with zero attached hydrogens (tertiary/aromatic N) is 1. The molecule has 2 aliphatic heterocycles.